The summed E-state index contributed by atoms with van der Waals surface area (Å²) in [6.45, 7) is 5.66. The second kappa shape index (κ2) is 9.65. The maximum Gasteiger partial charge on any atom is 0.344 e. The van der Waals surface area contributed by atoms with Crippen LogP contribution in [0.1, 0.15) is 47.2 Å². The molecule has 1 saturated heterocycles. The van der Waals surface area contributed by atoms with Crippen molar-refractivity contribution in [3.05, 3.63) is 46.7 Å². The summed E-state index contributed by atoms with van der Waals surface area (Å²) in [5.41, 5.74) is 4.75. The Morgan fingerprint density at radius 2 is 1.88 bits per heavy atom. The van der Waals surface area contributed by atoms with E-state index in [1.807, 2.05) is 0 Å². The molecule has 1 amide bonds. The van der Waals surface area contributed by atoms with Gasteiger partial charge in [-0.25, -0.2) is 18.3 Å². The fourth-order valence-corrected chi connectivity index (χ4v) is 3.59. The molecule has 1 fully saturated rings. The smallest absolute Gasteiger partial charge is 0.344 e. The van der Waals surface area contributed by atoms with Crippen LogP contribution in [-0.2, 0) is 27.2 Å². The van der Waals surface area contributed by atoms with Crippen LogP contribution in [0.15, 0.2) is 18.2 Å². The molecule has 9 nitrogen and oxygen atoms in total. The molecule has 1 aromatic carbocycles. The molecule has 11 heteroatoms. The maximum atomic E-state index is 13.8. The Morgan fingerprint density at radius 3 is 2.52 bits per heavy atom. The van der Waals surface area contributed by atoms with Crippen molar-refractivity contribution in [2.24, 2.45) is 0 Å². The zero-order chi connectivity index (χ0) is 24.3. The number of morpholine rings is 1. The summed E-state index contributed by atoms with van der Waals surface area (Å²) in [5, 5.41) is 4.33. The highest BCUT2D eigenvalue weighted by molar-refractivity contribution is 6.01. The molecule has 2 aromatic rings. The van der Waals surface area contributed by atoms with Crippen molar-refractivity contribution in [2.75, 3.05) is 32.0 Å². The molecule has 0 bridgehead atoms. The second-order valence-electron chi connectivity index (χ2n) is 8.03. The van der Waals surface area contributed by atoms with Crippen LogP contribution in [0, 0.1) is 11.6 Å². The van der Waals surface area contributed by atoms with Gasteiger partial charge in [-0.3, -0.25) is 9.59 Å². The minimum absolute atomic E-state index is 0.0151. The van der Waals surface area contributed by atoms with E-state index in [2.05, 4.69) is 5.10 Å². The van der Waals surface area contributed by atoms with Crippen LogP contribution in [-0.4, -0.2) is 64.2 Å². The monoisotopic (exact) mass is 464 g/mol. The van der Waals surface area contributed by atoms with Gasteiger partial charge >= 0.3 is 5.97 Å². The number of halogens is 2. The largest absolute Gasteiger partial charge is 0.454 e. The highest BCUT2D eigenvalue weighted by Crippen LogP contribution is 2.22. The van der Waals surface area contributed by atoms with E-state index in [4.69, 9.17) is 15.2 Å². The molecule has 0 atom stereocenters. The fraction of sp³-hybridized carbons (Fsp3) is 0.455. The van der Waals surface area contributed by atoms with E-state index in [-0.39, 0.29) is 23.8 Å². The number of hydrogen-bond donors (Lipinski definition) is 1. The van der Waals surface area contributed by atoms with Crippen molar-refractivity contribution in [2.45, 2.75) is 39.3 Å². The third-order valence-corrected chi connectivity index (χ3v) is 5.39. The predicted octanol–water partition coefficient (Wildman–Crippen LogP) is 1.98. The summed E-state index contributed by atoms with van der Waals surface area (Å²) in [5.74, 6) is -4.17. The van der Waals surface area contributed by atoms with Crippen LogP contribution in [0.3, 0.4) is 0 Å². The lowest BCUT2D eigenvalue weighted by molar-refractivity contribution is -0.166. The first-order chi connectivity index (χ1) is 15.6. The van der Waals surface area contributed by atoms with Gasteiger partial charge in [0, 0.05) is 13.1 Å². The van der Waals surface area contributed by atoms with Crippen molar-refractivity contribution in [1.29, 1.82) is 0 Å². The van der Waals surface area contributed by atoms with Gasteiger partial charge in [-0.1, -0.05) is 13.0 Å². The van der Waals surface area contributed by atoms with Crippen LogP contribution < -0.4 is 5.73 Å². The number of nitrogen functional groups attached to an aromatic ring is 1. The highest BCUT2D eigenvalue weighted by atomic mass is 19.1. The van der Waals surface area contributed by atoms with E-state index in [0.717, 1.165) is 18.2 Å². The van der Waals surface area contributed by atoms with Crippen molar-refractivity contribution in [3.63, 3.8) is 0 Å². The molecule has 0 saturated carbocycles. The van der Waals surface area contributed by atoms with Gasteiger partial charge in [0.2, 0.25) is 5.78 Å². The van der Waals surface area contributed by atoms with Crippen LogP contribution in [0.4, 0.5) is 14.6 Å². The number of carbonyl (C=O) groups is 3. The third kappa shape index (κ3) is 5.03. The summed E-state index contributed by atoms with van der Waals surface area (Å²) in [7, 11) is 0. The van der Waals surface area contributed by atoms with E-state index >= 15 is 0 Å². The first-order valence-electron chi connectivity index (χ1n) is 10.5. The highest BCUT2D eigenvalue weighted by Gasteiger charge is 2.36. The predicted molar refractivity (Wildman–Crippen MR) is 114 cm³/mol. The molecule has 1 aliphatic heterocycles. The normalized spacial score (nSPS) is 15.5. The molecular weight excluding hydrogens is 438 g/mol. The number of benzene rings is 1. The summed E-state index contributed by atoms with van der Waals surface area (Å²) in [6, 6.07) is 3.01. The van der Waals surface area contributed by atoms with E-state index in [9.17, 15) is 23.2 Å². The average molecular weight is 464 g/mol. The minimum atomic E-state index is -1.04. The van der Waals surface area contributed by atoms with Crippen molar-refractivity contribution in [1.82, 2.24) is 14.7 Å². The van der Waals surface area contributed by atoms with E-state index < -0.39 is 41.2 Å². The van der Waals surface area contributed by atoms with E-state index in [1.165, 1.54) is 4.68 Å². The topological polar surface area (TPSA) is 117 Å². The fourth-order valence-electron chi connectivity index (χ4n) is 3.59. The van der Waals surface area contributed by atoms with Gasteiger partial charge in [0.25, 0.3) is 5.91 Å². The Hall–Kier alpha value is -3.34. The van der Waals surface area contributed by atoms with Crippen molar-refractivity contribution in [3.8, 4) is 0 Å². The molecule has 0 radical (unpaired) electrons. The number of rotatable bonds is 8. The maximum absolute atomic E-state index is 13.8. The number of nitrogens with two attached hydrogens (primary N) is 1. The molecule has 2 N–H and O–H groups in total. The lowest BCUT2D eigenvalue weighted by Gasteiger charge is -2.37. The van der Waals surface area contributed by atoms with Crippen LogP contribution in [0.2, 0.25) is 0 Å². The summed E-state index contributed by atoms with van der Waals surface area (Å²) >= 11 is 0. The molecule has 2 heterocycles. The Bertz CT molecular complexity index is 1060. The second-order valence-corrected chi connectivity index (χ2v) is 8.03. The number of carbonyl (C=O) groups excluding carboxylic acids is 3. The number of nitrogens with zero attached hydrogens (tertiary/aromatic N) is 3. The van der Waals surface area contributed by atoms with Crippen molar-refractivity contribution >= 4 is 23.5 Å². The number of ketones is 1. The molecule has 1 aromatic heterocycles. The molecule has 3 rings (SSSR count). The van der Waals surface area contributed by atoms with Crippen LogP contribution in [0.25, 0.3) is 0 Å². The summed E-state index contributed by atoms with van der Waals surface area (Å²) < 4.78 is 39.4. The first-order valence-corrected chi connectivity index (χ1v) is 10.5. The molecular formula is C22H26F2N4O5. The number of amides is 1. The molecule has 0 spiro atoms. The van der Waals surface area contributed by atoms with Gasteiger partial charge in [0.1, 0.15) is 28.6 Å². The number of ether oxygens (including phenoxy) is 2. The van der Waals surface area contributed by atoms with Gasteiger partial charge < -0.3 is 20.1 Å². The standard InChI is InChI=1S/C22H26F2N4O5/c1-4-15-18(20(30)32-12-16(29)17-13(23)6-5-7-14(17)24)19(25)28(26-15)9-8-27-10-11-33-22(2,3)21(27)31/h5-7H,4,8-12,25H2,1-3H3. The molecule has 1 aliphatic rings. The van der Waals surface area contributed by atoms with E-state index in [0.29, 0.717) is 31.8 Å². The number of anilines is 1. The van der Waals surface area contributed by atoms with Gasteiger partial charge in [0.15, 0.2) is 6.61 Å². The van der Waals surface area contributed by atoms with Crippen LogP contribution >= 0.6 is 0 Å². The van der Waals surface area contributed by atoms with Crippen molar-refractivity contribution < 1.29 is 32.6 Å². The average Bonchev–Trinajstić information content (AvgIpc) is 3.08. The number of esters is 1. The van der Waals surface area contributed by atoms with Gasteiger partial charge in [0.05, 0.1) is 24.4 Å². The number of aromatic nitrogens is 2. The van der Waals surface area contributed by atoms with Gasteiger partial charge in [-0.15, -0.1) is 0 Å². The lowest BCUT2D eigenvalue weighted by atomic mass is 10.1. The lowest BCUT2D eigenvalue weighted by Crippen LogP contribution is -2.54. The molecule has 33 heavy (non-hydrogen) atoms. The Kier molecular flexibility index (Phi) is 7.11. The van der Waals surface area contributed by atoms with Gasteiger partial charge in [-0.05, 0) is 32.4 Å². The number of hydrogen-bond acceptors (Lipinski definition) is 7. The Balaban J connectivity index is 1.70. The quantitative estimate of drug-likeness (QED) is 0.469. The third-order valence-electron chi connectivity index (χ3n) is 5.39. The first kappa shape index (κ1) is 24.3. The summed E-state index contributed by atoms with van der Waals surface area (Å²) in [6.07, 6.45) is 0.348. The Labute approximate surface area is 189 Å². The Morgan fingerprint density at radius 1 is 1.21 bits per heavy atom. The zero-order valence-electron chi connectivity index (χ0n) is 18.7. The summed E-state index contributed by atoms with van der Waals surface area (Å²) in [4.78, 5) is 38.9. The minimum Gasteiger partial charge on any atom is -0.454 e. The molecule has 0 aliphatic carbocycles. The SMILES string of the molecule is CCc1nn(CCN2CCOC(C)(C)C2=O)c(N)c1C(=O)OCC(=O)c1c(F)cccc1F. The van der Waals surface area contributed by atoms with Crippen LogP contribution in [0.5, 0.6) is 0 Å². The molecule has 0 unspecified atom stereocenters. The number of aryl methyl sites for hydroxylation is 1. The number of Topliss-reactive ketones (excluding diaryl/α,β-unsaturated/α-hetero) is 1. The van der Waals surface area contributed by atoms with Gasteiger partial charge in [-0.2, -0.15) is 5.10 Å². The van der Waals surface area contributed by atoms with E-state index in [1.54, 1.807) is 25.7 Å². The zero-order valence-corrected chi connectivity index (χ0v) is 18.7. The molecule has 178 valence electrons.